The molecular formula is C24H23ClN2O3. The summed E-state index contributed by atoms with van der Waals surface area (Å²) in [5, 5.41) is 5.62. The van der Waals surface area contributed by atoms with E-state index in [2.05, 4.69) is 5.32 Å². The van der Waals surface area contributed by atoms with Crippen molar-refractivity contribution < 1.29 is 14.3 Å². The number of nitrogens with zero attached hydrogens (tertiary/aromatic N) is 1. The number of piperidine rings is 1. The smallest absolute Gasteiger partial charge is 0.257 e. The van der Waals surface area contributed by atoms with Gasteiger partial charge in [-0.25, -0.2) is 0 Å². The molecule has 1 heterocycles. The summed E-state index contributed by atoms with van der Waals surface area (Å²) in [7, 11) is 1.54. The van der Waals surface area contributed by atoms with E-state index in [9.17, 15) is 9.59 Å². The van der Waals surface area contributed by atoms with Crippen LogP contribution in [0.25, 0.3) is 10.8 Å². The second-order valence-corrected chi connectivity index (χ2v) is 7.85. The number of ether oxygens (including phenoxy) is 1. The molecule has 3 aromatic carbocycles. The quantitative estimate of drug-likeness (QED) is 0.671. The van der Waals surface area contributed by atoms with Gasteiger partial charge in [0.05, 0.1) is 12.7 Å². The molecule has 0 spiro atoms. The average Bonchev–Trinajstić information content (AvgIpc) is 2.78. The first-order chi connectivity index (χ1) is 14.6. The summed E-state index contributed by atoms with van der Waals surface area (Å²) >= 11 is 6.06. The summed E-state index contributed by atoms with van der Waals surface area (Å²) in [5.41, 5.74) is 1.14. The third-order valence-electron chi connectivity index (χ3n) is 5.54. The minimum absolute atomic E-state index is 0.0294. The molecule has 1 aliphatic heterocycles. The lowest BCUT2D eigenvalue weighted by Crippen LogP contribution is -2.46. The van der Waals surface area contributed by atoms with Gasteiger partial charge in [-0.2, -0.15) is 0 Å². The Labute approximate surface area is 180 Å². The number of nitrogens with one attached hydrogen (secondary N) is 1. The molecule has 154 valence electrons. The van der Waals surface area contributed by atoms with Gasteiger partial charge in [-0.05, 0) is 47.9 Å². The normalized spacial score (nSPS) is 14.5. The van der Waals surface area contributed by atoms with Gasteiger partial charge >= 0.3 is 0 Å². The Morgan fingerprint density at radius 3 is 2.50 bits per heavy atom. The van der Waals surface area contributed by atoms with Crippen LogP contribution < -0.4 is 10.1 Å². The van der Waals surface area contributed by atoms with E-state index < -0.39 is 0 Å². The summed E-state index contributed by atoms with van der Waals surface area (Å²) in [5.74, 6) is 0.331. The predicted octanol–water partition coefficient (Wildman–Crippen LogP) is 4.54. The summed E-state index contributed by atoms with van der Waals surface area (Å²) < 4.78 is 5.31. The molecule has 2 amide bonds. The molecule has 0 unspecified atom stereocenters. The summed E-state index contributed by atoms with van der Waals surface area (Å²) in [6, 6.07) is 18.7. The maximum absolute atomic E-state index is 12.9. The molecule has 0 aliphatic carbocycles. The molecule has 1 N–H and O–H groups in total. The Morgan fingerprint density at radius 1 is 1.00 bits per heavy atom. The predicted molar refractivity (Wildman–Crippen MR) is 118 cm³/mol. The van der Waals surface area contributed by atoms with E-state index in [-0.39, 0.29) is 17.9 Å². The topological polar surface area (TPSA) is 58.6 Å². The number of amides is 2. The number of hydrogen-bond acceptors (Lipinski definition) is 3. The van der Waals surface area contributed by atoms with Gasteiger partial charge in [0.25, 0.3) is 11.8 Å². The van der Waals surface area contributed by atoms with Gasteiger partial charge in [-0.1, -0.05) is 48.0 Å². The van der Waals surface area contributed by atoms with Crippen molar-refractivity contribution in [1.82, 2.24) is 10.2 Å². The fourth-order valence-corrected chi connectivity index (χ4v) is 4.10. The third-order valence-corrected chi connectivity index (χ3v) is 5.78. The molecular weight excluding hydrogens is 400 g/mol. The number of benzene rings is 3. The molecule has 6 heteroatoms. The van der Waals surface area contributed by atoms with Gasteiger partial charge in [0, 0.05) is 29.7 Å². The Balaban J connectivity index is 1.41. The van der Waals surface area contributed by atoms with Crippen LogP contribution in [0.2, 0.25) is 5.02 Å². The molecule has 30 heavy (non-hydrogen) atoms. The van der Waals surface area contributed by atoms with Crippen molar-refractivity contribution in [3.63, 3.8) is 0 Å². The fourth-order valence-electron chi connectivity index (χ4n) is 3.93. The monoisotopic (exact) mass is 422 g/mol. The van der Waals surface area contributed by atoms with Crippen molar-refractivity contribution in [3.8, 4) is 5.75 Å². The van der Waals surface area contributed by atoms with Crippen LogP contribution in [0, 0.1) is 0 Å². The second-order valence-electron chi connectivity index (χ2n) is 7.41. The molecule has 1 aliphatic rings. The first-order valence-corrected chi connectivity index (χ1v) is 10.4. The molecule has 3 aromatic rings. The minimum atomic E-state index is -0.104. The Bertz CT molecular complexity index is 1090. The van der Waals surface area contributed by atoms with Gasteiger partial charge < -0.3 is 15.0 Å². The Hall–Kier alpha value is -3.05. The van der Waals surface area contributed by atoms with E-state index in [0.717, 1.165) is 10.8 Å². The molecule has 0 aromatic heterocycles. The van der Waals surface area contributed by atoms with Crippen LogP contribution in [0.1, 0.15) is 33.6 Å². The summed E-state index contributed by atoms with van der Waals surface area (Å²) in [6.07, 6.45) is 1.40. The van der Waals surface area contributed by atoms with Crippen molar-refractivity contribution >= 4 is 34.2 Å². The van der Waals surface area contributed by atoms with E-state index in [0.29, 0.717) is 47.8 Å². The number of carbonyl (C=O) groups excluding carboxylic acids is 2. The molecule has 4 rings (SSSR count). The van der Waals surface area contributed by atoms with Gasteiger partial charge in [-0.15, -0.1) is 0 Å². The number of halogens is 1. The molecule has 0 bridgehead atoms. The highest BCUT2D eigenvalue weighted by molar-refractivity contribution is 6.31. The van der Waals surface area contributed by atoms with Crippen molar-refractivity contribution in [1.29, 1.82) is 0 Å². The number of fused-ring (bicyclic) bond motifs is 1. The highest BCUT2D eigenvalue weighted by Gasteiger charge is 2.27. The van der Waals surface area contributed by atoms with Crippen molar-refractivity contribution in [2.45, 2.75) is 18.9 Å². The highest BCUT2D eigenvalue weighted by atomic mass is 35.5. The van der Waals surface area contributed by atoms with Crippen LogP contribution in [-0.2, 0) is 0 Å². The number of hydrogen-bond donors (Lipinski definition) is 1. The third kappa shape index (κ3) is 4.12. The highest BCUT2D eigenvalue weighted by Crippen LogP contribution is 2.26. The van der Waals surface area contributed by atoms with E-state index in [1.54, 1.807) is 23.1 Å². The van der Waals surface area contributed by atoms with Crippen LogP contribution in [0.15, 0.2) is 60.7 Å². The van der Waals surface area contributed by atoms with Gasteiger partial charge in [-0.3, -0.25) is 9.59 Å². The van der Waals surface area contributed by atoms with Gasteiger partial charge in [0.15, 0.2) is 0 Å². The van der Waals surface area contributed by atoms with E-state index in [1.165, 1.54) is 7.11 Å². The Kier molecular flexibility index (Phi) is 5.91. The zero-order chi connectivity index (χ0) is 21.1. The molecule has 0 saturated carbocycles. The summed E-state index contributed by atoms with van der Waals surface area (Å²) in [6.45, 7) is 1.13. The largest absolute Gasteiger partial charge is 0.496 e. The fraction of sp³-hybridized carbons (Fsp3) is 0.250. The molecule has 0 radical (unpaired) electrons. The van der Waals surface area contributed by atoms with Crippen molar-refractivity contribution in [3.05, 3.63) is 76.8 Å². The maximum Gasteiger partial charge on any atom is 0.257 e. The standard InChI is InChI=1S/C24H23ClN2O3/c1-30-22-10-9-17(25)15-21(22)24(29)27-13-11-18(12-14-27)26-23(28)20-8-4-6-16-5-2-3-7-19(16)20/h2-10,15,18H,11-14H2,1H3,(H,26,28). The zero-order valence-corrected chi connectivity index (χ0v) is 17.5. The number of rotatable bonds is 4. The lowest BCUT2D eigenvalue weighted by molar-refractivity contribution is 0.0695. The lowest BCUT2D eigenvalue weighted by Gasteiger charge is -2.32. The molecule has 5 nitrogen and oxygen atoms in total. The second kappa shape index (κ2) is 8.76. The number of methoxy groups -OCH3 is 1. The van der Waals surface area contributed by atoms with Crippen molar-refractivity contribution in [2.75, 3.05) is 20.2 Å². The van der Waals surface area contributed by atoms with Gasteiger partial charge in [0.1, 0.15) is 5.75 Å². The maximum atomic E-state index is 12.9. The zero-order valence-electron chi connectivity index (χ0n) is 16.7. The minimum Gasteiger partial charge on any atom is -0.496 e. The van der Waals surface area contributed by atoms with E-state index in [1.807, 2.05) is 42.5 Å². The first kappa shape index (κ1) is 20.2. The van der Waals surface area contributed by atoms with Crippen LogP contribution >= 0.6 is 11.6 Å². The first-order valence-electron chi connectivity index (χ1n) is 9.98. The van der Waals surface area contributed by atoms with Crippen LogP contribution in [0.3, 0.4) is 0 Å². The summed E-state index contributed by atoms with van der Waals surface area (Å²) in [4.78, 5) is 27.6. The van der Waals surface area contributed by atoms with Crippen LogP contribution in [-0.4, -0.2) is 43.0 Å². The molecule has 1 fully saturated rings. The average molecular weight is 423 g/mol. The van der Waals surface area contributed by atoms with E-state index >= 15 is 0 Å². The van der Waals surface area contributed by atoms with Gasteiger partial charge in [0.2, 0.25) is 0 Å². The molecule has 1 saturated heterocycles. The van der Waals surface area contributed by atoms with Crippen LogP contribution in [0.4, 0.5) is 0 Å². The Morgan fingerprint density at radius 2 is 1.73 bits per heavy atom. The van der Waals surface area contributed by atoms with E-state index in [4.69, 9.17) is 16.3 Å². The van der Waals surface area contributed by atoms with Crippen LogP contribution in [0.5, 0.6) is 5.75 Å². The lowest BCUT2D eigenvalue weighted by atomic mass is 10.0. The van der Waals surface area contributed by atoms with Crippen molar-refractivity contribution in [2.24, 2.45) is 0 Å². The molecule has 0 atom stereocenters. The number of carbonyl (C=O) groups is 2. The SMILES string of the molecule is COc1ccc(Cl)cc1C(=O)N1CCC(NC(=O)c2cccc3ccccc23)CC1. The number of likely N-dealkylation sites (tertiary alicyclic amines) is 1.